The number of alkyl carbamates (subject to hydrolysis) is 1. The summed E-state index contributed by atoms with van der Waals surface area (Å²) in [6.07, 6.45) is -0.489. The first-order valence-corrected chi connectivity index (χ1v) is 7.51. The molecular weight excluding hydrogens is 320 g/mol. The molecule has 0 unspecified atom stereocenters. The Kier molecular flexibility index (Phi) is 4.23. The summed E-state index contributed by atoms with van der Waals surface area (Å²) >= 11 is 5.99. The minimum absolute atomic E-state index is 0.170. The highest BCUT2D eigenvalue weighted by Crippen LogP contribution is 2.25. The van der Waals surface area contributed by atoms with E-state index in [0.29, 0.717) is 25.6 Å². The van der Waals surface area contributed by atoms with Crippen LogP contribution < -0.4 is 10.6 Å². The smallest absolute Gasteiger partial charge is 0.407 e. The summed E-state index contributed by atoms with van der Waals surface area (Å²) in [5, 5.41) is 7.09. The van der Waals surface area contributed by atoms with E-state index in [0.717, 1.165) is 16.5 Å². The summed E-state index contributed by atoms with van der Waals surface area (Å²) in [6.45, 7) is 3.26. The lowest BCUT2D eigenvalue weighted by atomic mass is 9.97. The molecule has 1 aromatic carbocycles. The lowest BCUT2D eigenvalue weighted by molar-refractivity contribution is -0.0638. The quantitative estimate of drug-likeness (QED) is 0.832. The van der Waals surface area contributed by atoms with Crippen LogP contribution in [0.4, 0.5) is 10.6 Å². The fourth-order valence-electron chi connectivity index (χ4n) is 2.44. The molecule has 0 atom stereocenters. The molecule has 2 heterocycles. The van der Waals surface area contributed by atoms with Crippen LogP contribution in [-0.4, -0.2) is 48.5 Å². The van der Waals surface area contributed by atoms with Crippen molar-refractivity contribution in [3.05, 3.63) is 29.0 Å². The van der Waals surface area contributed by atoms with E-state index in [-0.39, 0.29) is 5.28 Å². The zero-order valence-corrected chi connectivity index (χ0v) is 13.6. The van der Waals surface area contributed by atoms with E-state index in [2.05, 4.69) is 25.3 Å². The minimum atomic E-state index is -0.513. The first kappa shape index (κ1) is 15.8. The molecule has 1 aromatic heterocycles. The number of ether oxygens (including phenoxy) is 2. The molecule has 23 heavy (non-hydrogen) atoms. The molecule has 1 fully saturated rings. The number of amides is 1. The average Bonchev–Trinajstić information content (AvgIpc) is 2.49. The highest BCUT2D eigenvalue weighted by Gasteiger charge is 2.40. The number of nitrogens with one attached hydrogen (secondary N) is 2. The van der Waals surface area contributed by atoms with Gasteiger partial charge in [-0.25, -0.2) is 14.8 Å². The highest BCUT2D eigenvalue weighted by atomic mass is 35.5. The van der Waals surface area contributed by atoms with Gasteiger partial charge in [0.1, 0.15) is 11.4 Å². The number of aryl methyl sites for hydroxylation is 1. The van der Waals surface area contributed by atoms with Crippen LogP contribution in [-0.2, 0) is 9.47 Å². The molecule has 122 valence electrons. The zero-order chi connectivity index (χ0) is 16.4. The zero-order valence-electron chi connectivity index (χ0n) is 12.9. The Morgan fingerprint density at radius 1 is 1.43 bits per heavy atom. The summed E-state index contributed by atoms with van der Waals surface area (Å²) < 4.78 is 9.89. The second-order valence-electron chi connectivity index (χ2n) is 5.61. The molecule has 0 bridgehead atoms. The Morgan fingerprint density at radius 2 is 2.22 bits per heavy atom. The first-order valence-electron chi connectivity index (χ1n) is 7.13. The standard InChI is InChI=1S/C15H17ClN4O3/c1-9-3-4-11-10(5-9)12(19-13(16)18-11)17-6-15(7-23-8-15)20-14(21)22-2/h3-5H,6-8H2,1-2H3,(H,20,21)(H,17,18,19). The monoisotopic (exact) mass is 336 g/mol. The molecule has 0 aliphatic carbocycles. The van der Waals surface area contributed by atoms with Gasteiger partial charge in [0.25, 0.3) is 0 Å². The third-order valence-electron chi connectivity index (χ3n) is 3.73. The van der Waals surface area contributed by atoms with E-state index in [1.807, 2.05) is 25.1 Å². The van der Waals surface area contributed by atoms with Gasteiger partial charge in [-0.05, 0) is 30.7 Å². The molecule has 2 aromatic rings. The Labute approximate surface area is 138 Å². The Hall–Kier alpha value is -2.12. The van der Waals surface area contributed by atoms with Crippen LogP contribution in [0.25, 0.3) is 10.9 Å². The van der Waals surface area contributed by atoms with Crippen molar-refractivity contribution < 1.29 is 14.3 Å². The molecule has 0 spiro atoms. The molecular formula is C15H17ClN4O3. The van der Waals surface area contributed by atoms with Crippen LogP contribution in [0.5, 0.6) is 0 Å². The number of aromatic nitrogens is 2. The first-order chi connectivity index (χ1) is 11.0. The van der Waals surface area contributed by atoms with Crippen molar-refractivity contribution in [1.29, 1.82) is 0 Å². The van der Waals surface area contributed by atoms with Gasteiger partial charge in [0, 0.05) is 11.9 Å². The highest BCUT2D eigenvalue weighted by molar-refractivity contribution is 6.28. The van der Waals surface area contributed by atoms with Gasteiger partial charge < -0.3 is 20.1 Å². The van der Waals surface area contributed by atoms with Crippen LogP contribution in [0.2, 0.25) is 5.28 Å². The van der Waals surface area contributed by atoms with E-state index < -0.39 is 11.6 Å². The maximum atomic E-state index is 11.5. The van der Waals surface area contributed by atoms with Crippen LogP contribution >= 0.6 is 11.6 Å². The van der Waals surface area contributed by atoms with Crippen LogP contribution in [0.3, 0.4) is 0 Å². The number of anilines is 1. The van der Waals surface area contributed by atoms with E-state index >= 15 is 0 Å². The number of hydrogen-bond donors (Lipinski definition) is 2. The number of benzene rings is 1. The Morgan fingerprint density at radius 3 is 2.87 bits per heavy atom. The predicted molar refractivity (Wildman–Crippen MR) is 86.9 cm³/mol. The summed E-state index contributed by atoms with van der Waals surface area (Å²) in [6, 6.07) is 5.86. The number of hydrogen-bond acceptors (Lipinski definition) is 6. The van der Waals surface area contributed by atoms with E-state index in [1.165, 1.54) is 7.11 Å². The van der Waals surface area contributed by atoms with Crippen molar-refractivity contribution in [3.63, 3.8) is 0 Å². The minimum Gasteiger partial charge on any atom is -0.453 e. The number of halogens is 1. The Balaban J connectivity index is 1.83. The average molecular weight is 337 g/mol. The fourth-order valence-corrected chi connectivity index (χ4v) is 2.61. The summed E-state index contributed by atoms with van der Waals surface area (Å²) in [7, 11) is 1.33. The van der Waals surface area contributed by atoms with Gasteiger partial charge in [-0.1, -0.05) is 11.6 Å². The van der Waals surface area contributed by atoms with Crippen LogP contribution in [0.1, 0.15) is 5.56 Å². The van der Waals surface area contributed by atoms with Gasteiger partial charge >= 0.3 is 6.09 Å². The van der Waals surface area contributed by atoms with Crippen molar-refractivity contribution >= 4 is 34.4 Å². The van der Waals surface area contributed by atoms with Gasteiger partial charge in [-0.15, -0.1) is 0 Å². The number of nitrogens with zero attached hydrogens (tertiary/aromatic N) is 2. The summed E-state index contributed by atoms with van der Waals surface area (Å²) in [4.78, 5) is 20.0. The fraction of sp³-hybridized carbons (Fsp3) is 0.400. The van der Waals surface area contributed by atoms with Crippen molar-refractivity contribution in [2.75, 3.05) is 32.2 Å². The second-order valence-corrected chi connectivity index (χ2v) is 5.94. The molecule has 1 saturated heterocycles. The van der Waals surface area contributed by atoms with Crippen molar-refractivity contribution in [2.45, 2.75) is 12.5 Å². The van der Waals surface area contributed by atoms with E-state index in [9.17, 15) is 4.79 Å². The number of fused-ring (bicyclic) bond motifs is 1. The largest absolute Gasteiger partial charge is 0.453 e. The lowest BCUT2D eigenvalue weighted by Crippen LogP contribution is -2.65. The number of methoxy groups -OCH3 is 1. The maximum Gasteiger partial charge on any atom is 0.407 e. The molecule has 1 aliphatic rings. The SMILES string of the molecule is COC(=O)NC1(CNc2nc(Cl)nc3ccc(C)cc23)COC1. The molecule has 8 heteroatoms. The van der Waals surface area contributed by atoms with Gasteiger partial charge in [0.15, 0.2) is 0 Å². The number of carbonyl (C=O) groups excluding carboxylic acids is 1. The van der Waals surface area contributed by atoms with Gasteiger partial charge in [-0.2, -0.15) is 0 Å². The summed E-state index contributed by atoms with van der Waals surface area (Å²) in [5.74, 6) is 0.627. The number of carbonyl (C=O) groups is 1. The Bertz CT molecular complexity index is 749. The molecule has 3 rings (SSSR count). The third kappa shape index (κ3) is 3.30. The number of rotatable bonds is 4. The molecule has 7 nitrogen and oxygen atoms in total. The van der Waals surface area contributed by atoms with Gasteiger partial charge in [-0.3, -0.25) is 0 Å². The topological polar surface area (TPSA) is 85.4 Å². The van der Waals surface area contributed by atoms with Gasteiger partial charge in [0.2, 0.25) is 5.28 Å². The molecule has 1 amide bonds. The normalized spacial score (nSPS) is 15.8. The molecule has 0 saturated carbocycles. The predicted octanol–water partition coefficient (Wildman–Crippen LogP) is 2.13. The lowest BCUT2D eigenvalue weighted by Gasteiger charge is -2.41. The van der Waals surface area contributed by atoms with Crippen molar-refractivity contribution in [1.82, 2.24) is 15.3 Å². The molecule has 2 N–H and O–H groups in total. The van der Waals surface area contributed by atoms with Crippen LogP contribution in [0.15, 0.2) is 18.2 Å². The van der Waals surface area contributed by atoms with E-state index in [1.54, 1.807) is 0 Å². The third-order valence-corrected chi connectivity index (χ3v) is 3.90. The van der Waals surface area contributed by atoms with Crippen LogP contribution in [0, 0.1) is 6.92 Å². The van der Waals surface area contributed by atoms with Crippen molar-refractivity contribution in [2.24, 2.45) is 0 Å². The van der Waals surface area contributed by atoms with E-state index in [4.69, 9.17) is 16.3 Å². The summed E-state index contributed by atoms with van der Waals surface area (Å²) in [5.41, 5.74) is 1.35. The molecule has 1 aliphatic heterocycles. The molecule has 0 radical (unpaired) electrons. The maximum absolute atomic E-state index is 11.5. The van der Waals surface area contributed by atoms with Gasteiger partial charge in [0.05, 0.1) is 25.8 Å². The van der Waals surface area contributed by atoms with Crippen molar-refractivity contribution in [3.8, 4) is 0 Å². The second kappa shape index (κ2) is 6.17.